The predicted octanol–water partition coefficient (Wildman–Crippen LogP) is 3.99. The fourth-order valence-electron chi connectivity index (χ4n) is 1.42. The van der Waals surface area contributed by atoms with E-state index in [4.69, 9.17) is 16.7 Å². The van der Waals surface area contributed by atoms with Crippen molar-refractivity contribution in [3.63, 3.8) is 0 Å². The number of anilines is 1. The van der Waals surface area contributed by atoms with Gasteiger partial charge >= 0.3 is 0 Å². The second-order valence-corrected chi connectivity index (χ2v) is 5.05. The Hall–Kier alpha value is -0.250. The van der Waals surface area contributed by atoms with Crippen LogP contribution < -0.4 is 5.32 Å². The summed E-state index contributed by atoms with van der Waals surface area (Å²) in [6.07, 6.45) is 2.97. The molecular formula is C12H17BrClNO. The van der Waals surface area contributed by atoms with Crippen LogP contribution in [-0.2, 0) is 0 Å². The summed E-state index contributed by atoms with van der Waals surface area (Å²) >= 11 is 9.56. The minimum atomic E-state index is 0.278. The van der Waals surface area contributed by atoms with Crippen LogP contribution in [0.25, 0.3) is 0 Å². The number of halogens is 2. The zero-order valence-corrected chi connectivity index (χ0v) is 11.7. The van der Waals surface area contributed by atoms with Gasteiger partial charge in [-0.25, -0.2) is 0 Å². The summed E-state index contributed by atoms with van der Waals surface area (Å²) in [5.41, 5.74) is 2.10. The highest BCUT2D eigenvalue weighted by atomic mass is 79.9. The summed E-state index contributed by atoms with van der Waals surface area (Å²) in [6.45, 7) is 3.16. The number of rotatable bonds is 6. The van der Waals surface area contributed by atoms with E-state index >= 15 is 0 Å². The number of nitrogens with one attached hydrogen (secondary N) is 1. The molecule has 1 aromatic rings. The predicted molar refractivity (Wildman–Crippen MR) is 73.3 cm³/mol. The van der Waals surface area contributed by atoms with E-state index in [-0.39, 0.29) is 6.61 Å². The SMILES string of the molecule is Cc1cc(Br)c(NCCCCCO)cc1Cl. The van der Waals surface area contributed by atoms with Crippen molar-refractivity contribution in [3.05, 3.63) is 27.2 Å². The van der Waals surface area contributed by atoms with E-state index in [1.54, 1.807) is 0 Å². The highest BCUT2D eigenvalue weighted by molar-refractivity contribution is 9.10. The summed E-state index contributed by atoms with van der Waals surface area (Å²) in [5, 5.41) is 12.8. The lowest BCUT2D eigenvalue weighted by atomic mass is 10.2. The number of aliphatic hydroxyl groups excluding tert-OH is 1. The van der Waals surface area contributed by atoms with Gasteiger partial charge in [0.25, 0.3) is 0 Å². The van der Waals surface area contributed by atoms with Crippen molar-refractivity contribution in [2.24, 2.45) is 0 Å². The fraction of sp³-hybridized carbons (Fsp3) is 0.500. The molecule has 90 valence electrons. The van der Waals surface area contributed by atoms with Crippen molar-refractivity contribution in [3.8, 4) is 0 Å². The van der Waals surface area contributed by atoms with Crippen LogP contribution >= 0.6 is 27.5 Å². The molecule has 0 saturated heterocycles. The average molecular weight is 307 g/mol. The van der Waals surface area contributed by atoms with Gasteiger partial charge in [0.2, 0.25) is 0 Å². The van der Waals surface area contributed by atoms with Gasteiger partial charge in [-0.3, -0.25) is 0 Å². The summed E-state index contributed by atoms with van der Waals surface area (Å²) in [6, 6.07) is 3.95. The Morgan fingerprint density at radius 1 is 1.31 bits per heavy atom. The Balaban J connectivity index is 2.45. The van der Waals surface area contributed by atoms with Crippen LogP contribution in [0.1, 0.15) is 24.8 Å². The lowest BCUT2D eigenvalue weighted by molar-refractivity contribution is 0.283. The first-order valence-electron chi connectivity index (χ1n) is 5.45. The van der Waals surface area contributed by atoms with E-state index in [1.165, 1.54) is 0 Å². The fourth-order valence-corrected chi connectivity index (χ4v) is 2.18. The number of aliphatic hydroxyl groups is 1. The molecule has 0 amide bonds. The molecule has 16 heavy (non-hydrogen) atoms. The summed E-state index contributed by atoms with van der Waals surface area (Å²) < 4.78 is 1.04. The van der Waals surface area contributed by atoms with E-state index in [9.17, 15) is 0 Å². The van der Waals surface area contributed by atoms with E-state index in [0.717, 1.165) is 46.6 Å². The number of hydrogen-bond donors (Lipinski definition) is 2. The monoisotopic (exact) mass is 305 g/mol. The number of benzene rings is 1. The first-order valence-corrected chi connectivity index (χ1v) is 6.62. The van der Waals surface area contributed by atoms with Gasteiger partial charge in [0.15, 0.2) is 0 Å². The summed E-state index contributed by atoms with van der Waals surface area (Å²) in [4.78, 5) is 0. The topological polar surface area (TPSA) is 32.3 Å². The maximum atomic E-state index is 8.65. The molecule has 0 saturated carbocycles. The average Bonchev–Trinajstić information content (AvgIpc) is 2.25. The number of unbranched alkanes of at least 4 members (excludes halogenated alkanes) is 2. The van der Waals surface area contributed by atoms with E-state index in [1.807, 2.05) is 19.1 Å². The molecule has 2 N–H and O–H groups in total. The molecule has 0 aliphatic rings. The van der Waals surface area contributed by atoms with Gasteiger partial charge in [-0.15, -0.1) is 0 Å². The van der Waals surface area contributed by atoms with Gasteiger partial charge in [-0.2, -0.15) is 0 Å². The van der Waals surface area contributed by atoms with E-state index in [2.05, 4.69) is 21.2 Å². The molecular weight excluding hydrogens is 289 g/mol. The van der Waals surface area contributed by atoms with Gasteiger partial charge in [0, 0.05) is 28.3 Å². The third kappa shape index (κ3) is 4.32. The van der Waals surface area contributed by atoms with Gasteiger partial charge in [0.05, 0.1) is 0 Å². The Morgan fingerprint density at radius 3 is 2.75 bits per heavy atom. The van der Waals surface area contributed by atoms with Crippen molar-refractivity contribution in [1.29, 1.82) is 0 Å². The van der Waals surface area contributed by atoms with Crippen LogP contribution in [0.5, 0.6) is 0 Å². The van der Waals surface area contributed by atoms with Gasteiger partial charge in [-0.1, -0.05) is 11.6 Å². The van der Waals surface area contributed by atoms with Gasteiger partial charge in [0.1, 0.15) is 0 Å². The zero-order chi connectivity index (χ0) is 12.0. The summed E-state index contributed by atoms with van der Waals surface area (Å²) in [7, 11) is 0. The minimum Gasteiger partial charge on any atom is -0.396 e. The second-order valence-electron chi connectivity index (χ2n) is 3.79. The standard InChI is InChI=1S/C12H17BrClNO/c1-9-7-10(13)12(8-11(9)14)15-5-3-2-4-6-16/h7-8,15-16H,2-6H2,1H3. The molecule has 1 rings (SSSR count). The van der Waals surface area contributed by atoms with Crippen LogP contribution in [-0.4, -0.2) is 18.3 Å². The molecule has 1 aromatic carbocycles. The Bertz CT molecular complexity index is 344. The zero-order valence-electron chi connectivity index (χ0n) is 9.39. The smallest absolute Gasteiger partial charge is 0.0499 e. The molecule has 4 heteroatoms. The van der Waals surface area contributed by atoms with Crippen molar-refractivity contribution in [1.82, 2.24) is 0 Å². The molecule has 0 radical (unpaired) electrons. The van der Waals surface area contributed by atoms with Crippen LogP contribution in [0.15, 0.2) is 16.6 Å². The molecule has 0 aliphatic heterocycles. The van der Waals surface area contributed by atoms with E-state index in [0.29, 0.717) is 0 Å². The van der Waals surface area contributed by atoms with Gasteiger partial charge < -0.3 is 10.4 Å². The van der Waals surface area contributed by atoms with Crippen LogP contribution in [0.2, 0.25) is 5.02 Å². The first-order chi connectivity index (χ1) is 7.65. The van der Waals surface area contributed by atoms with Crippen LogP contribution in [0, 0.1) is 6.92 Å². The number of hydrogen-bond acceptors (Lipinski definition) is 2. The molecule has 0 atom stereocenters. The first kappa shape index (κ1) is 13.8. The van der Waals surface area contributed by atoms with E-state index < -0.39 is 0 Å². The normalized spacial score (nSPS) is 10.5. The molecule has 0 aromatic heterocycles. The molecule has 0 unspecified atom stereocenters. The Labute approximate surface area is 110 Å². The maximum absolute atomic E-state index is 8.65. The van der Waals surface area contributed by atoms with Gasteiger partial charge in [-0.05, 0) is 59.8 Å². The number of aryl methyl sites for hydroxylation is 1. The molecule has 0 heterocycles. The van der Waals surface area contributed by atoms with Crippen molar-refractivity contribution in [2.75, 3.05) is 18.5 Å². The second kappa shape index (κ2) is 7.15. The maximum Gasteiger partial charge on any atom is 0.0499 e. The molecule has 0 aliphatic carbocycles. The molecule has 2 nitrogen and oxygen atoms in total. The summed E-state index contributed by atoms with van der Waals surface area (Å²) in [5.74, 6) is 0. The van der Waals surface area contributed by atoms with Crippen molar-refractivity contribution >= 4 is 33.2 Å². The minimum absolute atomic E-state index is 0.278. The lowest BCUT2D eigenvalue weighted by Gasteiger charge is -2.10. The highest BCUT2D eigenvalue weighted by Crippen LogP contribution is 2.29. The Morgan fingerprint density at radius 2 is 2.06 bits per heavy atom. The largest absolute Gasteiger partial charge is 0.396 e. The molecule has 0 spiro atoms. The Kier molecular flexibility index (Phi) is 6.17. The van der Waals surface area contributed by atoms with Crippen LogP contribution in [0.4, 0.5) is 5.69 Å². The highest BCUT2D eigenvalue weighted by Gasteiger charge is 2.03. The lowest BCUT2D eigenvalue weighted by Crippen LogP contribution is -2.02. The third-order valence-corrected chi connectivity index (χ3v) is 3.46. The van der Waals surface area contributed by atoms with Crippen LogP contribution in [0.3, 0.4) is 0 Å². The van der Waals surface area contributed by atoms with Crippen molar-refractivity contribution in [2.45, 2.75) is 26.2 Å². The molecule has 0 bridgehead atoms. The molecule has 0 fully saturated rings. The third-order valence-electron chi connectivity index (χ3n) is 2.40. The quantitative estimate of drug-likeness (QED) is 0.779. The van der Waals surface area contributed by atoms with Crippen molar-refractivity contribution < 1.29 is 5.11 Å².